The summed E-state index contributed by atoms with van der Waals surface area (Å²) < 4.78 is 0. The van der Waals surface area contributed by atoms with Crippen molar-refractivity contribution in [2.24, 2.45) is 5.84 Å². The molecule has 0 unspecified atom stereocenters. The van der Waals surface area contributed by atoms with E-state index in [9.17, 15) is 0 Å². The highest BCUT2D eigenvalue weighted by molar-refractivity contribution is 5.67. The number of aromatic nitrogens is 2. The molecule has 4 N–H and O–H groups in total. The lowest BCUT2D eigenvalue weighted by Crippen LogP contribution is -2.07. The van der Waals surface area contributed by atoms with E-state index in [-0.39, 0.29) is 0 Å². The second-order valence-corrected chi connectivity index (χ2v) is 4.02. The number of aryl methyl sites for hydroxylation is 3. The molecule has 0 spiro atoms. The van der Waals surface area contributed by atoms with Gasteiger partial charge in [-0.2, -0.15) is 0 Å². The highest BCUT2D eigenvalue weighted by Crippen LogP contribution is 2.26. The van der Waals surface area contributed by atoms with Crippen molar-refractivity contribution in [3.63, 3.8) is 0 Å². The molecular weight excluding hydrogens is 200 g/mol. The fourth-order valence-electron chi connectivity index (χ4n) is 1.87. The van der Waals surface area contributed by atoms with Crippen molar-refractivity contribution in [2.45, 2.75) is 20.8 Å². The number of hydrogen-bond donors (Lipinski definition) is 3. The van der Waals surface area contributed by atoms with Crippen LogP contribution in [0.4, 0.5) is 5.95 Å². The van der Waals surface area contributed by atoms with Gasteiger partial charge in [0, 0.05) is 11.3 Å². The van der Waals surface area contributed by atoms with Crippen molar-refractivity contribution in [1.82, 2.24) is 9.97 Å². The van der Waals surface area contributed by atoms with Crippen molar-refractivity contribution in [3.05, 3.63) is 35.0 Å². The molecule has 1 heterocycles. The Morgan fingerprint density at radius 3 is 2.56 bits per heavy atom. The van der Waals surface area contributed by atoms with Crippen LogP contribution < -0.4 is 11.3 Å². The van der Waals surface area contributed by atoms with Crippen LogP contribution in [0, 0.1) is 20.8 Å². The van der Waals surface area contributed by atoms with E-state index in [1.54, 1.807) is 0 Å². The van der Waals surface area contributed by atoms with Crippen LogP contribution in [0.25, 0.3) is 11.3 Å². The largest absolute Gasteiger partial charge is 0.327 e. The zero-order chi connectivity index (χ0) is 11.7. The summed E-state index contributed by atoms with van der Waals surface area (Å²) in [5.74, 6) is 5.92. The number of benzene rings is 1. The van der Waals surface area contributed by atoms with Crippen LogP contribution in [-0.4, -0.2) is 9.97 Å². The summed E-state index contributed by atoms with van der Waals surface area (Å²) in [4.78, 5) is 7.48. The summed E-state index contributed by atoms with van der Waals surface area (Å²) in [6.45, 7) is 6.16. The normalized spacial score (nSPS) is 10.5. The van der Waals surface area contributed by atoms with Crippen molar-refractivity contribution in [2.75, 3.05) is 5.43 Å². The fraction of sp³-hybridized carbons (Fsp3) is 0.250. The minimum absolute atomic E-state index is 0.590. The summed E-state index contributed by atoms with van der Waals surface area (Å²) in [5.41, 5.74) is 8.10. The molecule has 0 aliphatic carbocycles. The molecule has 0 bridgehead atoms. The third-order valence-corrected chi connectivity index (χ3v) is 2.66. The van der Waals surface area contributed by atoms with Crippen molar-refractivity contribution >= 4 is 5.95 Å². The van der Waals surface area contributed by atoms with Crippen LogP contribution in [0.2, 0.25) is 0 Å². The highest BCUT2D eigenvalue weighted by Gasteiger charge is 2.10. The number of imidazole rings is 1. The van der Waals surface area contributed by atoms with Crippen LogP contribution in [0.1, 0.15) is 16.8 Å². The van der Waals surface area contributed by atoms with E-state index in [1.807, 2.05) is 6.92 Å². The second kappa shape index (κ2) is 3.98. The summed E-state index contributed by atoms with van der Waals surface area (Å²) in [6, 6.07) is 6.33. The average molecular weight is 216 g/mol. The van der Waals surface area contributed by atoms with Crippen molar-refractivity contribution in [3.8, 4) is 11.3 Å². The molecule has 1 aromatic heterocycles. The van der Waals surface area contributed by atoms with Gasteiger partial charge in [-0.25, -0.2) is 10.8 Å². The van der Waals surface area contributed by atoms with E-state index in [0.717, 1.165) is 17.0 Å². The van der Waals surface area contributed by atoms with Crippen LogP contribution in [0.5, 0.6) is 0 Å². The molecule has 1 aromatic carbocycles. The first kappa shape index (κ1) is 10.7. The number of hydrazine groups is 1. The van der Waals surface area contributed by atoms with Gasteiger partial charge in [0.05, 0.1) is 5.69 Å². The Bertz CT molecular complexity index is 514. The van der Waals surface area contributed by atoms with Crippen LogP contribution in [0.3, 0.4) is 0 Å². The molecule has 2 aromatic rings. The van der Waals surface area contributed by atoms with Gasteiger partial charge in [0.25, 0.3) is 0 Å². The summed E-state index contributed by atoms with van der Waals surface area (Å²) in [5, 5.41) is 0. The first-order chi connectivity index (χ1) is 7.61. The Balaban J connectivity index is 2.53. The van der Waals surface area contributed by atoms with E-state index in [2.05, 4.69) is 47.4 Å². The van der Waals surface area contributed by atoms with Crippen LogP contribution >= 0.6 is 0 Å². The van der Waals surface area contributed by atoms with E-state index in [4.69, 9.17) is 5.84 Å². The smallest absolute Gasteiger partial charge is 0.215 e. The van der Waals surface area contributed by atoms with Crippen molar-refractivity contribution < 1.29 is 0 Å². The number of nitrogens with two attached hydrogens (primary N) is 1. The number of aromatic amines is 1. The second-order valence-electron chi connectivity index (χ2n) is 4.02. The number of anilines is 1. The number of nitrogens with one attached hydrogen (secondary N) is 2. The maximum absolute atomic E-state index is 5.33. The topological polar surface area (TPSA) is 66.7 Å². The molecule has 0 radical (unpaired) electrons. The number of nitrogens with zero attached hydrogens (tertiary/aromatic N) is 1. The number of hydrogen-bond acceptors (Lipinski definition) is 3. The molecular formula is C12H16N4. The van der Waals surface area contributed by atoms with E-state index in [0.29, 0.717) is 5.95 Å². The lowest BCUT2D eigenvalue weighted by atomic mass is 10.0. The van der Waals surface area contributed by atoms with E-state index in [1.165, 1.54) is 11.1 Å². The standard InChI is InChI=1S/C12H16N4/c1-7-4-5-10(8(2)6-7)11-9(3)14-12(15-11)16-13/h4-6H,13H2,1-3H3,(H2,14,15,16). The minimum atomic E-state index is 0.590. The third kappa shape index (κ3) is 1.79. The molecule has 4 heteroatoms. The highest BCUT2D eigenvalue weighted by atomic mass is 15.3. The molecule has 84 valence electrons. The third-order valence-electron chi connectivity index (χ3n) is 2.66. The molecule has 0 aliphatic rings. The lowest BCUT2D eigenvalue weighted by molar-refractivity contribution is 1.18. The molecule has 0 aliphatic heterocycles. The molecule has 0 saturated heterocycles. The van der Waals surface area contributed by atoms with Gasteiger partial charge in [-0.15, -0.1) is 0 Å². The maximum atomic E-state index is 5.33. The van der Waals surface area contributed by atoms with Gasteiger partial charge in [0.2, 0.25) is 5.95 Å². The zero-order valence-electron chi connectivity index (χ0n) is 9.76. The number of H-pyrrole nitrogens is 1. The van der Waals surface area contributed by atoms with E-state index < -0.39 is 0 Å². The quantitative estimate of drug-likeness (QED) is 0.533. The monoisotopic (exact) mass is 216 g/mol. The molecule has 0 atom stereocenters. The van der Waals surface area contributed by atoms with Gasteiger partial charge in [0.15, 0.2) is 0 Å². The summed E-state index contributed by atoms with van der Waals surface area (Å²) in [6.07, 6.45) is 0. The maximum Gasteiger partial charge on any atom is 0.215 e. The Hall–Kier alpha value is -1.81. The fourth-order valence-corrected chi connectivity index (χ4v) is 1.87. The first-order valence-electron chi connectivity index (χ1n) is 5.22. The van der Waals surface area contributed by atoms with Gasteiger partial charge in [0.1, 0.15) is 0 Å². The van der Waals surface area contributed by atoms with Gasteiger partial charge in [-0.05, 0) is 26.3 Å². The van der Waals surface area contributed by atoms with E-state index >= 15 is 0 Å². The summed E-state index contributed by atoms with van der Waals surface area (Å²) >= 11 is 0. The van der Waals surface area contributed by atoms with Gasteiger partial charge >= 0.3 is 0 Å². The van der Waals surface area contributed by atoms with Crippen molar-refractivity contribution in [1.29, 1.82) is 0 Å². The molecule has 0 saturated carbocycles. The van der Waals surface area contributed by atoms with Gasteiger partial charge < -0.3 is 4.98 Å². The Morgan fingerprint density at radius 2 is 2.00 bits per heavy atom. The first-order valence-corrected chi connectivity index (χ1v) is 5.22. The van der Waals surface area contributed by atoms with Gasteiger partial charge in [-0.1, -0.05) is 23.8 Å². The predicted octanol–water partition coefficient (Wildman–Crippen LogP) is 2.29. The van der Waals surface area contributed by atoms with Gasteiger partial charge in [-0.3, -0.25) is 5.43 Å². The molecule has 4 nitrogen and oxygen atoms in total. The Kier molecular flexibility index (Phi) is 2.66. The van der Waals surface area contributed by atoms with Crippen LogP contribution in [0.15, 0.2) is 18.2 Å². The molecule has 0 fully saturated rings. The summed E-state index contributed by atoms with van der Waals surface area (Å²) in [7, 11) is 0. The average Bonchev–Trinajstić information content (AvgIpc) is 2.60. The SMILES string of the molecule is Cc1ccc(-c2nc(NN)[nH]c2C)c(C)c1. The molecule has 16 heavy (non-hydrogen) atoms. The number of rotatable bonds is 2. The predicted molar refractivity (Wildman–Crippen MR) is 66.0 cm³/mol. The number of nitrogen functional groups attached to an aromatic ring is 1. The minimum Gasteiger partial charge on any atom is -0.327 e. The van der Waals surface area contributed by atoms with Crippen LogP contribution in [-0.2, 0) is 0 Å². The zero-order valence-corrected chi connectivity index (χ0v) is 9.76. The molecule has 0 amide bonds. The lowest BCUT2D eigenvalue weighted by Gasteiger charge is -2.04. The molecule has 2 rings (SSSR count). The Morgan fingerprint density at radius 1 is 1.25 bits per heavy atom. The Labute approximate surface area is 94.9 Å².